The monoisotopic (exact) mass is 407 g/mol. The molecule has 1 aromatic heterocycles. The molecule has 0 fully saturated rings. The average Bonchev–Trinajstić information content (AvgIpc) is 3.06. The average molecular weight is 408 g/mol. The number of thiazole rings is 1. The highest BCUT2D eigenvalue weighted by molar-refractivity contribution is 7.13. The molecule has 2 rings (SSSR count). The zero-order chi connectivity index (χ0) is 18.6. The van der Waals surface area contributed by atoms with Crippen LogP contribution < -0.4 is 11.1 Å². The van der Waals surface area contributed by atoms with Crippen molar-refractivity contribution in [1.29, 1.82) is 0 Å². The number of nitrogens with two attached hydrogens (primary N) is 1. The van der Waals surface area contributed by atoms with Gasteiger partial charge in [-0.3, -0.25) is 4.79 Å². The van der Waals surface area contributed by atoms with Crippen molar-refractivity contribution in [3.8, 4) is 10.6 Å². The molecule has 4 nitrogen and oxygen atoms in total. The Kier molecular flexibility index (Phi) is 8.05. The van der Waals surface area contributed by atoms with E-state index >= 15 is 0 Å². The van der Waals surface area contributed by atoms with Gasteiger partial charge in [-0.05, 0) is 18.1 Å². The lowest BCUT2D eigenvalue weighted by Crippen LogP contribution is -2.44. The van der Waals surface area contributed by atoms with Crippen LogP contribution in [0.5, 0.6) is 0 Å². The molecule has 1 aromatic carbocycles. The summed E-state index contributed by atoms with van der Waals surface area (Å²) in [5, 5.41) is 5.11. The molecule has 144 valence electrons. The lowest BCUT2D eigenvalue weighted by Gasteiger charge is -2.17. The van der Waals surface area contributed by atoms with Gasteiger partial charge in [-0.2, -0.15) is 13.2 Å². The van der Waals surface area contributed by atoms with Crippen LogP contribution in [0.2, 0.25) is 0 Å². The normalized spacial score (nSPS) is 13.6. The molecule has 2 atom stereocenters. The molecule has 0 radical (unpaired) electrons. The first-order valence-electron chi connectivity index (χ1n) is 7.87. The molecule has 26 heavy (non-hydrogen) atoms. The van der Waals surface area contributed by atoms with E-state index in [-0.39, 0.29) is 30.8 Å². The number of hydrogen-bond donors (Lipinski definition) is 2. The highest BCUT2D eigenvalue weighted by Crippen LogP contribution is 2.31. The largest absolute Gasteiger partial charge is 0.416 e. The highest BCUT2D eigenvalue weighted by Gasteiger charge is 2.30. The molecule has 9 heteroatoms. The van der Waals surface area contributed by atoms with Gasteiger partial charge in [0.15, 0.2) is 0 Å². The molecule has 0 bridgehead atoms. The summed E-state index contributed by atoms with van der Waals surface area (Å²) < 4.78 is 37.8. The van der Waals surface area contributed by atoms with Crippen LogP contribution in [0.1, 0.15) is 31.5 Å². The number of benzene rings is 1. The van der Waals surface area contributed by atoms with Crippen LogP contribution in [0.4, 0.5) is 13.2 Å². The number of aromatic nitrogens is 1. The van der Waals surface area contributed by atoms with Crippen molar-refractivity contribution in [1.82, 2.24) is 10.3 Å². The maximum Gasteiger partial charge on any atom is 0.416 e. The van der Waals surface area contributed by atoms with E-state index in [0.717, 1.165) is 18.6 Å². The SMILES string of the molecule is CCC(C)C(N)C(=O)NCc1csc(-c2ccc(C(F)(F)F)cc2)n1.Cl. The van der Waals surface area contributed by atoms with Crippen LogP contribution in [0, 0.1) is 5.92 Å². The maximum atomic E-state index is 12.6. The van der Waals surface area contributed by atoms with E-state index in [1.807, 2.05) is 13.8 Å². The first-order valence-corrected chi connectivity index (χ1v) is 8.75. The van der Waals surface area contributed by atoms with Gasteiger partial charge in [-0.25, -0.2) is 4.98 Å². The number of alkyl halides is 3. The van der Waals surface area contributed by atoms with Crippen molar-refractivity contribution < 1.29 is 18.0 Å². The third-order valence-corrected chi connectivity index (χ3v) is 4.95. The molecule has 0 saturated heterocycles. The number of carbonyl (C=O) groups excluding carboxylic acids is 1. The number of amides is 1. The number of nitrogens with one attached hydrogen (secondary N) is 1. The minimum Gasteiger partial charge on any atom is -0.349 e. The molecule has 3 N–H and O–H groups in total. The lowest BCUT2D eigenvalue weighted by atomic mass is 9.99. The summed E-state index contributed by atoms with van der Waals surface area (Å²) in [4.78, 5) is 16.3. The van der Waals surface area contributed by atoms with Crippen LogP contribution in [0.15, 0.2) is 29.6 Å². The fraction of sp³-hybridized carbons (Fsp3) is 0.412. The third-order valence-electron chi connectivity index (χ3n) is 4.01. The van der Waals surface area contributed by atoms with Crippen LogP contribution in [-0.4, -0.2) is 16.9 Å². The predicted molar refractivity (Wildman–Crippen MR) is 99.1 cm³/mol. The number of nitrogens with zero attached hydrogens (tertiary/aromatic N) is 1. The van der Waals surface area contributed by atoms with Crippen molar-refractivity contribution in [2.24, 2.45) is 11.7 Å². The van der Waals surface area contributed by atoms with E-state index in [1.165, 1.54) is 23.5 Å². The van der Waals surface area contributed by atoms with Crippen molar-refractivity contribution >= 4 is 29.7 Å². The lowest BCUT2D eigenvalue weighted by molar-refractivity contribution is -0.137. The third kappa shape index (κ3) is 5.69. The molecule has 1 heterocycles. The van der Waals surface area contributed by atoms with Crippen LogP contribution >= 0.6 is 23.7 Å². The molecule has 0 aliphatic rings. The van der Waals surface area contributed by atoms with Crippen LogP contribution in [0.3, 0.4) is 0 Å². The first-order chi connectivity index (χ1) is 11.7. The minimum atomic E-state index is -4.36. The Balaban J connectivity index is 0.00000338. The van der Waals surface area contributed by atoms with Crippen molar-refractivity contribution in [3.05, 3.63) is 40.9 Å². The molecule has 2 unspecified atom stereocenters. The summed E-state index contributed by atoms with van der Waals surface area (Å²) in [6.45, 7) is 4.12. The number of halogens is 4. The number of rotatable bonds is 6. The second-order valence-electron chi connectivity index (χ2n) is 5.85. The molecule has 1 amide bonds. The van der Waals surface area contributed by atoms with Crippen molar-refractivity contribution in [2.45, 2.75) is 39.0 Å². The molecule has 2 aromatic rings. The Labute approximate surface area is 160 Å². The Hall–Kier alpha value is -1.64. The smallest absolute Gasteiger partial charge is 0.349 e. The summed E-state index contributed by atoms with van der Waals surface area (Å²) in [6.07, 6.45) is -3.55. The Morgan fingerprint density at radius 3 is 2.46 bits per heavy atom. The first kappa shape index (κ1) is 22.4. The summed E-state index contributed by atoms with van der Waals surface area (Å²) in [6, 6.07) is 4.27. The van der Waals surface area contributed by atoms with Gasteiger partial charge >= 0.3 is 6.18 Å². The summed E-state index contributed by atoms with van der Waals surface area (Å²) in [7, 11) is 0. The number of hydrogen-bond acceptors (Lipinski definition) is 4. The summed E-state index contributed by atoms with van der Waals surface area (Å²) in [5.74, 6) is -0.156. The Bertz CT molecular complexity index is 719. The fourth-order valence-corrected chi connectivity index (χ4v) is 2.96. The van der Waals surface area contributed by atoms with Crippen molar-refractivity contribution in [3.63, 3.8) is 0 Å². The van der Waals surface area contributed by atoms with E-state index in [0.29, 0.717) is 16.3 Å². The van der Waals surface area contributed by atoms with Crippen molar-refractivity contribution in [2.75, 3.05) is 0 Å². The highest BCUT2D eigenvalue weighted by atomic mass is 35.5. The maximum absolute atomic E-state index is 12.6. The van der Waals surface area contributed by atoms with E-state index in [4.69, 9.17) is 5.73 Å². The molecule has 0 aliphatic heterocycles. The zero-order valence-electron chi connectivity index (χ0n) is 14.3. The molecule has 0 spiro atoms. The quantitative estimate of drug-likeness (QED) is 0.752. The molecular weight excluding hydrogens is 387 g/mol. The van der Waals surface area contributed by atoms with Gasteiger partial charge in [0.05, 0.1) is 23.8 Å². The molecule has 0 aliphatic carbocycles. The second kappa shape index (κ2) is 9.34. The van der Waals surface area contributed by atoms with Gasteiger partial charge < -0.3 is 11.1 Å². The topological polar surface area (TPSA) is 68.0 Å². The Morgan fingerprint density at radius 2 is 1.92 bits per heavy atom. The van der Waals surface area contributed by atoms with E-state index in [2.05, 4.69) is 10.3 Å². The summed E-state index contributed by atoms with van der Waals surface area (Å²) in [5.41, 5.74) is 6.41. The van der Waals surface area contributed by atoms with Gasteiger partial charge in [0, 0.05) is 10.9 Å². The fourth-order valence-electron chi connectivity index (χ4n) is 2.13. The standard InChI is InChI=1S/C17H20F3N3OS.ClH/c1-3-10(2)14(21)15(24)22-8-13-9-25-16(23-13)11-4-6-12(7-5-11)17(18,19)20;/h4-7,9-10,14H,3,8,21H2,1-2H3,(H,22,24);1H. The van der Waals surface area contributed by atoms with E-state index in [1.54, 1.807) is 5.38 Å². The van der Waals surface area contributed by atoms with Crippen LogP contribution in [-0.2, 0) is 17.5 Å². The Morgan fingerprint density at radius 1 is 1.31 bits per heavy atom. The van der Waals surface area contributed by atoms with Gasteiger partial charge in [0.2, 0.25) is 5.91 Å². The van der Waals surface area contributed by atoms with Gasteiger partial charge in [-0.15, -0.1) is 23.7 Å². The summed E-state index contributed by atoms with van der Waals surface area (Å²) >= 11 is 1.31. The van der Waals surface area contributed by atoms with Crippen LogP contribution in [0.25, 0.3) is 10.6 Å². The molecule has 0 saturated carbocycles. The van der Waals surface area contributed by atoms with E-state index in [9.17, 15) is 18.0 Å². The minimum absolute atomic E-state index is 0. The number of carbonyl (C=O) groups is 1. The predicted octanol–water partition coefficient (Wildman–Crippen LogP) is 4.24. The van der Waals surface area contributed by atoms with Gasteiger partial charge in [0.1, 0.15) is 5.01 Å². The van der Waals surface area contributed by atoms with E-state index < -0.39 is 17.8 Å². The van der Waals surface area contributed by atoms with Gasteiger partial charge in [-0.1, -0.05) is 32.4 Å². The second-order valence-corrected chi connectivity index (χ2v) is 6.71. The van der Waals surface area contributed by atoms with Gasteiger partial charge in [0.25, 0.3) is 0 Å². The molecular formula is C17H21ClF3N3OS. The zero-order valence-corrected chi connectivity index (χ0v) is 16.0.